The molecule has 0 radical (unpaired) electrons. The van der Waals surface area contributed by atoms with Gasteiger partial charge in [0.25, 0.3) is 0 Å². The number of carbonyl (C=O) groups is 3. The molecule has 0 N–H and O–H groups in total. The molecular weight excluding hydrogens is 599 g/mol. The molecule has 3 fully saturated rings. The zero-order valence-electron chi connectivity index (χ0n) is 22.0. The van der Waals surface area contributed by atoms with E-state index in [2.05, 4.69) is 0 Å². The van der Waals surface area contributed by atoms with Crippen LogP contribution in [0, 0.1) is 0 Å². The topological polar surface area (TPSA) is 98.3 Å². The molecular formula is C27H29Cl3N4O5S. The molecule has 9 nitrogen and oxygen atoms in total. The Morgan fingerprint density at radius 3 is 2.20 bits per heavy atom. The number of piperazine rings is 1. The fraction of sp³-hybridized carbons (Fsp3) is 0.444. The summed E-state index contributed by atoms with van der Waals surface area (Å²) in [6.07, 6.45) is -0.0130. The molecule has 3 unspecified atom stereocenters. The van der Waals surface area contributed by atoms with Crippen LogP contribution >= 0.6 is 34.8 Å². The van der Waals surface area contributed by atoms with Crippen molar-refractivity contribution in [2.75, 3.05) is 19.6 Å². The lowest BCUT2D eigenvalue weighted by Gasteiger charge is -2.55. The molecule has 0 aromatic heterocycles. The third kappa shape index (κ3) is 5.20. The molecule has 5 rings (SSSR count). The van der Waals surface area contributed by atoms with Crippen LogP contribution in [0.4, 0.5) is 0 Å². The molecule has 3 amide bonds. The van der Waals surface area contributed by atoms with Crippen LogP contribution in [0.5, 0.6) is 0 Å². The van der Waals surface area contributed by atoms with E-state index < -0.39 is 34.2 Å². The first kappa shape index (κ1) is 29.1. The summed E-state index contributed by atoms with van der Waals surface area (Å²) in [7, 11) is -4.30. The van der Waals surface area contributed by atoms with E-state index in [-0.39, 0.29) is 58.7 Å². The van der Waals surface area contributed by atoms with Gasteiger partial charge in [-0.25, -0.2) is 8.42 Å². The molecule has 214 valence electrons. The van der Waals surface area contributed by atoms with Gasteiger partial charge in [-0.2, -0.15) is 4.31 Å². The molecule has 0 bridgehead atoms. The van der Waals surface area contributed by atoms with E-state index in [1.54, 1.807) is 29.2 Å². The van der Waals surface area contributed by atoms with Crippen LogP contribution in [0.3, 0.4) is 0 Å². The van der Waals surface area contributed by atoms with Gasteiger partial charge in [0.1, 0.15) is 23.1 Å². The highest BCUT2D eigenvalue weighted by Crippen LogP contribution is 2.36. The normalized spacial score (nSPS) is 24.3. The molecule has 3 aliphatic rings. The second kappa shape index (κ2) is 11.1. The number of fused-ring (bicyclic) bond motifs is 1. The van der Waals surface area contributed by atoms with E-state index >= 15 is 0 Å². The van der Waals surface area contributed by atoms with Crippen LogP contribution in [-0.4, -0.2) is 89.1 Å². The first-order chi connectivity index (χ1) is 18.9. The minimum absolute atomic E-state index is 0.0234. The minimum Gasteiger partial charge on any atom is -0.335 e. The highest BCUT2D eigenvalue weighted by molar-refractivity contribution is 7.89. The first-order valence-electron chi connectivity index (χ1n) is 13.0. The van der Waals surface area contributed by atoms with Gasteiger partial charge in [0.2, 0.25) is 27.7 Å². The Balaban J connectivity index is 1.64. The minimum atomic E-state index is -4.30. The smallest absolute Gasteiger partial charge is 0.248 e. The predicted octanol–water partition coefficient (Wildman–Crippen LogP) is 3.66. The number of amides is 3. The zero-order chi connectivity index (χ0) is 28.9. The van der Waals surface area contributed by atoms with Crippen molar-refractivity contribution in [1.82, 2.24) is 19.0 Å². The van der Waals surface area contributed by atoms with Crippen LogP contribution in [-0.2, 0) is 30.8 Å². The molecule has 3 aliphatic heterocycles. The summed E-state index contributed by atoms with van der Waals surface area (Å²) in [5.74, 6) is -0.950. The highest BCUT2D eigenvalue weighted by atomic mass is 35.5. The van der Waals surface area contributed by atoms with Crippen molar-refractivity contribution < 1.29 is 22.8 Å². The molecule has 2 aromatic carbocycles. The van der Waals surface area contributed by atoms with Crippen LogP contribution in [0.1, 0.15) is 32.3 Å². The predicted molar refractivity (Wildman–Crippen MR) is 152 cm³/mol. The fourth-order valence-corrected chi connectivity index (χ4v) is 8.19. The lowest BCUT2D eigenvalue weighted by molar-refractivity contribution is -0.173. The Morgan fingerprint density at radius 1 is 0.925 bits per heavy atom. The fourth-order valence-electron chi connectivity index (χ4n) is 5.74. The van der Waals surface area contributed by atoms with Gasteiger partial charge in [0, 0.05) is 42.0 Å². The molecule has 2 aromatic rings. The Morgan fingerprint density at radius 2 is 1.60 bits per heavy atom. The highest BCUT2D eigenvalue weighted by Gasteiger charge is 2.56. The Kier molecular flexibility index (Phi) is 8.11. The van der Waals surface area contributed by atoms with Gasteiger partial charge in [-0.15, -0.1) is 0 Å². The van der Waals surface area contributed by atoms with E-state index in [0.29, 0.717) is 18.0 Å². The number of hydrogen-bond donors (Lipinski definition) is 0. The summed E-state index contributed by atoms with van der Waals surface area (Å²) in [5.41, 5.74) is 0.759. The molecule has 3 saturated heterocycles. The van der Waals surface area contributed by atoms with Crippen LogP contribution in [0.2, 0.25) is 15.1 Å². The molecule has 0 spiro atoms. The van der Waals surface area contributed by atoms with Gasteiger partial charge >= 0.3 is 0 Å². The number of nitrogens with zero attached hydrogens (tertiary/aromatic N) is 4. The van der Waals surface area contributed by atoms with E-state index in [4.69, 9.17) is 34.8 Å². The summed E-state index contributed by atoms with van der Waals surface area (Å²) < 4.78 is 29.7. The quantitative estimate of drug-likeness (QED) is 0.487. The summed E-state index contributed by atoms with van der Waals surface area (Å²) in [6, 6.07) is 8.74. The largest absolute Gasteiger partial charge is 0.335 e. The average Bonchev–Trinajstić information content (AvgIpc) is 3.31. The Hall–Kier alpha value is -2.37. The van der Waals surface area contributed by atoms with Crippen molar-refractivity contribution in [1.29, 1.82) is 0 Å². The monoisotopic (exact) mass is 626 g/mol. The van der Waals surface area contributed by atoms with E-state index in [1.807, 2.05) is 13.8 Å². The number of carbonyl (C=O) groups excluding carboxylic acids is 3. The van der Waals surface area contributed by atoms with Gasteiger partial charge in [-0.05, 0) is 56.2 Å². The van der Waals surface area contributed by atoms with Crippen molar-refractivity contribution in [3.05, 3.63) is 63.1 Å². The first-order valence-corrected chi connectivity index (χ1v) is 15.6. The number of halogens is 3. The van der Waals surface area contributed by atoms with Crippen molar-refractivity contribution in [2.24, 2.45) is 0 Å². The lowest BCUT2D eigenvalue weighted by atomic mass is 9.96. The number of likely N-dealkylation sites (tertiary alicyclic amines) is 1. The van der Waals surface area contributed by atoms with Gasteiger partial charge in [0.05, 0.1) is 11.6 Å². The van der Waals surface area contributed by atoms with Crippen molar-refractivity contribution in [2.45, 2.75) is 62.3 Å². The lowest BCUT2D eigenvalue weighted by Crippen LogP contribution is -2.76. The summed E-state index contributed by atoms with van der Waals surface area (Å²) in [6.45, 7) is 3.75. The van der Waals surface area contributed by atoms with E-state index in [9.17, 15) is 22.8 Å². The molecule has 3 heterocycles. The standard InChI is InChI=1S/C27H29Cl3N4O5S/c1-16(2)32-15-24-33(40(38,39)23-10-9-19(29)13-20(23)30)14-22(31-11-3-4-25(31)35)27(37)34(24)21(26(32)36)12-17-5-7-18(28)8-6-17/h5-10,13,16,21-22,24H,3-4,11-12,14-15H2,1-2H3. The maximum absolute atomic E-state index is 14.2. The number of sulfonamides is 1. The summed E-state index contributed by atoms with van der Waals surface area (Å²) in [5, 5.41) is 0.742. The second-order valence-corrected chi connectivity index (χ2v) is 13.7. The van der Waals surface area contributed by atoms with Crippen LogP contribution < -0.4 is 0 Å². The Labute approximate surface area is 248 Å². The SMILES string of the molecule is CC(C)N1CC2N(C(=O)C(N3CCCC3=O)CN2S(=O)(=O)c2ccc(Cl)cc2Cl)C(Cc2ccc(Cl)cc2)C1=O. The average molecular weight is 628 g/mol. The Bertz CT molecular complexity index is 1450. The number of hydrogen-bond acceptors (Lipinski definition) is 5. The molecule has 40 heavy (non-hydrogen) atoms. The molecule has 0 saturated carbocycles. The molecule has 13 heteroatoms. The van der Waals surface area contributed by atoms with E-state index in [0.717, 1.165) is 5.56 Å². The zero-order valence-corrected chi connectivity index (χ0v) is 25.1. The van der Waals surface area contributed by atoms with Gasteiger partial charge < -0.3 is 14.7 Å². The van der Waals surface area contributed by atoms with Gasteiger partial charge in [0.15, 0.2) is 0 Å². The van der Waals surface area contributed by atoms with Gasteiger partial charge in [-0.3, -0.25) is 14.4 Å². The maximum Gasteiger partial charge on any atom is 0.248 e. The van der Waals surface area contributed by atoms with Gasteiger partial charge in [-0.1, -0.05) is 46.9 Å². The van der Waals surface area contributed by atoms with Crippen LogP contribution in [0.25, 0.3) is 0 Å². The summed E-state index contributed by atoms with van der Waals surface area (Å²) in [4.78, 5) is 45.0. The number of rotatable bonds is 6. The summed E-state index contributed by atoms with van der Waals surface area (Å²) >= 11 is 18.5. The van der Waals surface area contributed by atoms with E-state index in [1.165, 1.54) is 32.3 Å². The van der Waals surface area contributed by atoms with Crippen molar-refractivity contribution in [3.63, 3.8) is 0 Å². The third-order valence-corrected chi connectivity index (χ3v) is 10.6. The van der Waals surface area contributed by atoms with Crippen molar-refractivity contribution >= 4 is 62.5 Å². The van der Waals surface area contributed by atoms with Crippen molar-refractivity contribution in [3.8, 4) is 0 Å². The maximum atomic E-state index is 14.2. The molecule has 0 aliphatic carbocycles. The number of benzene rings is 2. The van der Waals surface area contributed by atoms with Crippen LogP contribution in [0.15, 0.2) is 47.4 Å². The third-order valence-electron chi connectivity index (χ3n) is 7.74. The molecule has 3 atom stereocenters. The second-order valence-electron chi connectivity index (χ2n) is 10.5.